The fourth-order valence-corrected chi connectivity index (χ4v) is 11.6. The maximum Gasteiger partial charge on any atom is 0.407 e. The van der Waals surface area contributed by atoms with E-state index in [0.29, 0.717) is 40.4 Å². The number of hydrogen-bond acceptors (Lipinski definition) is 3. The summed E-state index contributed by atoms with van der Waals surface area (Å²) >= 11 is 0. The minimum Gasteiger partial charge on any atom is -0.453 e. The van der Waals surface area contributed by atoms with E-state index < -0.39 is 0 Å². The normalized spacial score (nSPS) is 52.3. The van der Waals surface area contributed by atoms with E-state index in [2.05, 4.69) is 53.4 Å². The number of ether oxygens (including phenoxy) is 1. The van der Waals surface area contributed by atoms with Crippen LogP contribution in [0.25, 0.3) is 0 Å². The van der Waals surface area contributed by atoms with Gasteiger partial charge in [0.25, 0.3) is 0 Å². The second kappa shape index (κ2) is 7.98. The molecule has 5 rings (SSSR count). The zero-order chi connectivity index (χ0) is 25.6. The van der Waals surface area contributed by atoms with E-state index in [1.807, 2.05) is 0 Å². The Morgan fingerprint density at radius 3 is 2.26 bits per heavy atom. The number of alkyl carbamates (subject to hydrolysis) is 1. The first kappa shape index (κ1) is 25.6. The van der Waals surface area contributed by atoms with Crippen LogP contribution in [-0.4, -0.2) is 30.0 Å². The molecule has 0 aromatic carbocycles. The van der Waals surface area contributed by atoms with Crippen LogP contribution in [0.2, 0.25) is 0 Å². The molecular formula is C31H51NO3. The molecule has 0 aromatic rings. The molecule has 5 fully saturated rings. The molecule has 0 heterocycles. The highest BCUT2D eigenvalue weighted by Crippen LogP contribution is 2.76. The molecule has 0 aromatic heterocycles. The van der Waals surface area contributed by atoms with Gasteiger partial charge >= 0.3 is 6.09 Å². The summed E-state index contributed by atoms with van der Waals surface area (Å²) in [6.45, 7) is 19.2. The van der Waals surface area contributed by atoms with Gasteiger partial charge in [-0.15, -0.1) is 0 Å². The first-order chi connectivity index (χ1) is 16.3. The van der Waals surface area contributed by atoms with Crippen LogP contribution >= 0.6 is 0 Å². The number of carbonyl (C=O) groups excluding carboxylic acids is 1. The Morgan fingerprint density at radius 1 is 0.886 bits per heavy atom. The highest BCUT2D eigenvalue weighted by atomic mass is 16.5. The number of carbonyl (C=O) groups is 1. The molecule has 0 unspecified atom stereocenters. The van der Waals surface area contributed by atoms with E-state index in [4.69, 9.17) is 4.74 Å². The van der Waals surface area contributed by atoms with Crippen LogP contribution in [0.1, 0.15) is 106 Å². The second-order valence-electron chi connectivity index (χ2n) is 14.8. The Bertz CT molecular complexity index is 898. The van der Waals surface area contributed by atoms with Crippen molar-refractivity contribution in [3.8, 4) is 0 Å². The summed E-state index contributed by atoms with van der Waals surface area (Å²) in [6.07, 6.45) is 11.1. The zero-order valence-corrected chi connectivity index (χ0v) is 23.5. The van der Waals surface area contributed by atoms with Gasteiger partial charge in [0, 0.05) is 5.54 Å². The Labute approximate surface area is 214 Å². The Balaban J connectivity index is 1.54. The van der Waals surface area contributed by atoms with Gasteiger partial charge in [-0.1, -0.05) is 46.8 Å². The van der Waals surface area contributed by atoms with Crippen LogP contribution in [0.15, 0.2) is 12.2 Å². The predicted octanol–water partition coefficient (Wildman–Crippen LogP) is 7.11. The number of allylic oxidation sites excluding steroid dienone is 1. The summed E-state index contributed by atoms with van der Waals surface area (Å²) < 4.78 is 5.13. The van der Waals surface area contributed by atoms with Gasteiger partial charge in [0.05, 0.1) is 13.2 Å². The van der Waals surface area contributed by atoms with E-state index >= 15 is 0 Å². The van der Waals surface area contributed by atoms with Gasteiger partial charge in [-0.05, 0) is 122 Å². The number of aliphatic hydroxyl groups excluding tert-OH is 1. The molecule has 0 radical (unpaired) electrons. The molecule has 10 atom stereocenters. The van der Waals surface area contributed by atoms with E-state index in [9.17, 15) is 9.90 Å². The number of aliphatic hydroxyl groups is 1. The summed E-state index contributed by atoms with van der Waals surface area (Å²) in [6, 6.07) is 0. The molecule has 5 saturated carbocycles. The summed E-state index contributed by atoms with van der Waals surface area (Å²) in [7, 11) is 1.49. The number of nitrogens with one attached hydrogen (secondary N) is 1. The third-order valence-corrected chi connectivity index (χ3v) is 13.6. The van der Waals surface area contributed by atoms with E-state index in [0.717, 1.165) is 32.1 Å². The molecule has 0 bridgehead atoms. The van der Waals surface area contributed by atoms with Crippen molar-refractivity contribution in [1.29, 1.82) is 0 Å². The SMILES string of the molecule is C=C(C)[C@@H]1CC[C@]2(NC(=O)OC)CC[C@]3(C)[C@H](CC[C@@H]4[C@@]5(C)CC[C@H](O)C(C)(C)[C@@H]5CC[C@]43C)[C@@H]12. The topological polar surface area (TPSA) is 58.6 Å². The van der Waals surface area contributed by atoms with Crippen LogP contribution in [0.3, 0.4) is 0 Å². The van der Waals surface area contributed by atoms with Crippen molar-refractivity contribution in [3.63, 3.8) is 0 Å². The molecule has 198 valence electrons. The minimum atomic E-state index is -0.267. The second-order valence-corrected chi connectivity index (χ2v) is 14.8. The van der Waals surface area contributed by atoms with Crippen molar-refractivity contribution in [2.24, 2.45) is 51.2 Å². The monoisotopic (exact) mass is 485 g/mol. The average molecular weight is 486 g/mol. The molecule has 5 aliphatic rings. The maximum atomic E-state index is 12.5. The van der Waals surface area contributed by atoms with Crippen LogP contribution in [0.4, 0.5) is 4.79 Å². The maximum absolute atomic E-state index is 12.5. The number of methoxy groups -OCH3 is 1. The number of fused-ring (bicyclic) bond motifs is 7. The molecule has 0 spiro atoms. The van der Waals surface area contributed by atoms with Crippen LogP contribution in [0.5, 0.6) is 0 Å². The minimum absolute atomic E-state index is 0.00522. The molecule has 0 saturated heterocycles. The number of rotatable bonds is 2. The van der Waals surface area contributed by atoms with Crippen molar-refractivity contribution in [3.05, 3.63) is 12.2 Å². The van der Waals surface area contributed by atoms with Gasteiger partial charge in [0.1, 0.15) is 0 Å². The van der Waals surface area contributed by atoms with Crippen LogP contribution < -0.4 is 5.32 Å². The Kier molecular flexibility index (Phi) is 5.84. The number of hydrogen-bond donors (Lipinski definition) is 2. The van der Waals surface area contributed by atoms with E-state index in [1.54, 1.807) is 0 Å². The van der Waals surface area contributed by atoms with Gasteiger partial charge in [-0.25, -0.2) is 4.79 Å². The first-order valence-electron chi connectivity index (χ1n) is 14.5. The molecule has 1 amide bonds. The zero-order valence-electron chi connectivity index (χ0n) is 23.5. The lowest BCUT2D eigenvalue weighted by Crippen LogP contribution is -2.69. The van der Waals surface area contributed by atoms with E-state index in [1.165, 1.54) is 44.8 Å². The van der Waals surface area contributed by atoms with Gasteiger partial charge in [-0.2, -0.15) is 0 Å². The van der Waals surface area contributed by atoms with Gasteiger partial charge in [0.2, 0.25) is 0 Å². The molecule has 0 aliphatic heterocycles. The molecule has 4 nitrogen and oxygen atoms in total. The van der Waals surface area contributed by atoms with Crippen LogP contribution in [-0.2, 0) is 4.74 Å². The predicted molar refractivity (Wildman–Crippen MR) is 141 cm³/mol. The molecule has 5 aliphatic carbocycles. The smallest absolute Gasteiger partial charge is 0.407 e. The summed E-state index contributed by atoms with van der Waals surface area (Å²) in [5.74, 6) is 2.82. The summed E-state index contributed by atoms with van der Waals surface area (Å²) in [4.78, 5) is 12.5. The molecule has 4 heteroatoms. The van der Waals surface area contributed by atoms with Gasteiger partial charge < -0.3 is 15.2 Å². The van der Waals surface area contributed by atoms with Gasteiger partial charge in [0.15, 0.2) is 0 Å². The third-order valence-electron chi connectivity index (χ3n) is 13.6. The summed E-state index contributed by atoms with van der Waals surface area (Å²) in [5, 5.41) is 14.3. The number of amides is 1. The lowest BCUT2D eigenvalue weighted by Gasteiger charge is -2.73. The third kappa shape index (κ3) is 3.23. The Morgan fingerprint density at radius 2 is 1.60 bits per heavy atom. The van der Waals surface area contributed by atoms with E-state index in [-0.39, 0.29) is 28.6 Å². The average Bonchev–Trinajstić information content (AvgIpc) is 3.16. The summed E-state index contributed by atoms with van der Waals surface area (Å²) in [5.41, 5.74) is 1.98. The molecule has 2 N–H and O–H groups in total. The lowest BCUT2D eigenvalue weighted by atomic mass is 9.32. The van der Waals surface area contributed by atoms with Crippen molar-refractivity contribution in [2.45, 2.75) is 117 Å². The first-order valence-corrected chi connectivity index (χ1v) is 14.5. The van der Waals surface area contributed by atoms with Gasteiger partial charge in [-0.3, -0.25) is 0 Å². The van der Waals surface area contributed by atoms with Crippen LogP contribution in [0, 0.1) is 51.2 Å². The molecular weight excluding hydrogens is 434 g/mol. The highest BCUT2D eigenvalue weighted by molar-refractivity contribution is 5.68. The Hall–Kier alpha value is -1.03. The fourth-order valence-electron chi connectivity index (χ4n) is 11.6. The van der Waals surface area contributed by atoms with Crippen molar-refractivity contribution < 1.29 is 14.6 Å². The van der Waals surface area contributed by atoms with Crippen molar-refractivity contribution in [1.82, 2.24) is 5.32 Å². The quantitative estimate of drug-likeness (QED) is 0.410. The molecule has 35 heavy (non-hydrogen) atoms. The fraction of sp³-hybridized carbons (Fsp3) is 0.903. The lowest BCUT2D eigenvalue weighted by molar-refractivity contribution is -0.243. The highest BCUT2D eigenvalue weighted by Gasteiger charge is 2.71. The largest absolute Gasteiger partial charge is 0.453 e. The van der Waals surface area contributed by atoms with Crippen molar-refractivity contribution in [2.75, 3.05) is 7.11 Å². The standard InChI is InChI=1S/C31H51NO3/c1-19(2)20-11-16-31(32-26(34)35-8)18-17-29(6)21(25(20)31)9-10-23-28(5)14-13-24(33)27(3,4)22(28)12-15-30(23,29)7/h20-25,33H,1,9-18H2,2-8H3,(H,32,34)/t20-,21+,22-,23+,24-,25+,28-,29+,30+,31-/m0/s1. The van der Waals surface area contributed by atoms with Crippen molar-refractivity contribution >= 4 is 6.09 Å².